The number of rotatable bonds is 1. The molecule has 0 heterocycles. The molecule has 15 heavy (non-hydrogen) atoms. The second-order valence-corrected chi connectivity index (χ2v) is 2.93. The lowest BCUT2D eigenvalue weighted by molar-refractivity contribution is -0.388. The van der Waals surface area contributed by atoms with E-state index in [9.17, 15) is 23.3 Å². The van der Waals surface area contributed by atoms with Gasteiger partial charge in [0.15, 0.2) is 0 Å². The van der Waals surface area contributed by atoms with Crippen LogP contribution in [0.15, 0.2) is 12.1 Å². The summed E-state index contributed by atoms with van der Waals surface area (Å²) < 4.78 is 37.5. The van der Waals surface area contributed by atoms with Crippen LogP contribution in [-0.4, -0.2) is 4.92 Å². The summed E-state index contributed by atoms with van der Waals surface area (Å²) in [6, 6.07) is 1.84. The van der Waals surface area contributed by atoms with E-state index in [0.29, 0.717) is 0 Å². The zero-order valence-electron chi connectivity index (χ0n) is 7.63. The van der Waals surface area contributed by atoms with Crippen LogP contribution in [0.1, 0.15) is 11.1 Å². The van der Waals surface area contributed by atoms with Crippen molar-refractivity contribution >= 4 is 11.4 Å². The molecule has 1 aromatic rings. The number of nitro benzene ring substituents is 1. The van der Waals surface area contributed by atoms with Crippen LogP contribution >= 0.6 is 0 Å². The third kappa shape index (κ3) is 2.00. The number of nitrogen functional groups attached to an aromatic ring is 1. The molecule has 7 heteroatoms. The van der Waals surface area contributed by atoms with Gasteiger partial charge in [-0.1, -0.05) is 0 Å². The average Bonchev–Trinajstić information content (AvgIpc) is 2.06. The van der Waals surface area contributed by atoms with E-state index < -0.39 is 22.4 Å². The van der Waals surface area contributed by atoms with E-state index in [1.807, 2.05) is 0 Å². The van der Waals surface area contributed by atoms with Crippen molar-refractivity contribution in [2.24, 2.45) is 0 Å². The molecule has 1 rings (SSSR count). The van der Waals surface area contributed by atoms with Gasteiger partial charge in [0.1, 0.15) is 5.56 Å². The quantitative estimate of drug-likeness (QED) is 0.449. The Kier molecular flexibility index (Phi) is 2.57. The maximum absolute atomic E-state index is 12.5. The van der Waals surface area contributed by atoms with E-state index in [-0.39, 0.29) is 11.3 Å². The first-order valence-corrected chi connectivity index (χ1v) is 3.86. The summed E-state index contributed by atoms with van der Waals surface area (Å²) in [4.78, 5) is 9.32. The van der Waals surface area contributed by atoms with Crippen LogP contribution in [0, 0.1) is 17.0 Å². The van der Waals surface area contributed by atoms with Crippen molar-refractivity contribution in [3.05, 3.63) is 33.4 Å². The molecule has 0 saturated carbocycles. The number of benzene rings is 1. The Hall–Kier alpha value is -1.79. The molecule has 0 saturated heterocycles. The van der Waals surface area contributed by atoms with Crippen molar-refractivity contribution in [1.82, 2.24) is 0 Å². The van der Waals surface area contributed by atoms with Gasteiger partial charge in [-0.2, -0.15) is 13.2 Å². The van der Waals surface area contributed by atoms with Crippen LogP contribution in [0.5, 0.6) is 0 Å². The summed E-state index contributed by atoms with van der Waals surface area (Å²) in [5.74, 6) is 0. The fourth-order valence-corrected chi connectivity index (χ4v) is 1.22. The molecule has 0 aromatic heterocycles. The van der Waals surface area contributed by atoms with Crippen LogP contribution in [0.25, 0.3) is 0 Å². The van der Waals surface area contributed by atoms with Crippen molar-refractivity contribution < 1.29 is 18.1 Å². The lowest BCUT2D eigenvalue weighted by atomic mass is 10.0. The Labute approximate surface area is 82.7 Å². The highest BCUT2D eigenvalue weighted by molar-refractivity contribution is 5.59. The molecule has 1 aromatic carbocycles. The van der Waals surface area contributed by atoms with Crippen molar-refractivity contribution in [2.45, 2.75) is 13.1 Å². The van der Waals surface area contributed by atoms with Gasteiger partial charge in [-0.15, -0.1) is 0 Å². The second kappa shape index (κ2) is 3.41. The molecule has 0 radical (unpaired) electrons. The Bertz CT molecular complexity index is 415. The molecular weight excluding hydrogens is 213 g/mol. The fraction of sp³-hybridized carbons (Fsp3) is 0.250. The zero-order chi connectivity index (χ0) is 11.8. The van der Waals surface area contributed by atoms with Crippen LogP contribution in [0.4, 0.5) is 24.5 Å². The first-order chi connectivity index (χ1) is 6.75. The van der Waals surface area contributed by atoms with Gasteiger partial charge in [0.05, 0.1) is 4.92 Å². The number of nitro groups is 1. The molecule has 0 unspecified atom stereocenters. The molecule has 0 amide bonds. The van der Waals surface area contributed by atoms with Gasteiger partial charge < -0.3 is 5.73 Å². The zero-order valence-corrected chi connectivity index (χ0v) is 7.63. The highest BCUT2D eigenvalue weighted by Crippen LogP contribution is 2.40. The maximum Gasteiger partial charge on any atom is 0.423 e. The lowest BCUT2D eigenvalue weighted by Crippen LogP contribution is -2.12. The fourth-order valence-electron chi connectivity index (χ4n) is 1.22. The number of nitrogens with two attached hydrogens (primary N) is 1. The number of anilines is 1. The van der Waals surface area contributed by atoms with Crippen molar-refractivity contribution in [3.8, 4) is 0 Å². The smallest absolute Gasteiger partial charge is 0.398 e. The van der Waals surface area contributed by atoms with E-state index in [2.05, 4.69) is 0 Å². The van der Waals surface area contributed by atoms with Gasteiger partial charge in [-0.25, -0.2) is 0 Å². The summed E-state index contributed by atoms with van der Waals surface area (Å²) in [5, 5.41) is 10.4. The van der Waals surface area contributed by atoms with Crippen LogP contribution < -0.4 is 5.73 Å². The minimum Gasteiger partial charge on any atom is -0.398 e. The SMILES string of the molecule is Cc1c(N)ccc([N+](=O)[O-])c1C(F)(F)F. The van der Waals surface area contributed by atoms with Crippen LogP contribution in [0.2, 0.25) is 0 Å². The number of halogens is 3. The summed E-state index contributed by atoms with van der Waals surface area (Å²) in [5.41, 5.74) is 2.56. The molecule has 0 aliphatic rings. The Morgan fingerprint density at radius 2 is 1.93 bits per heavy atom. The molecular formula is C8H7F3N2O2. The largest absolute Gasteiger partial charge is 0.423 e. The van der Waals surface area contributed by atoms with Gasteiger partial charge in [0, 0.05) is 11.8 Å². The van der Waals surface area contributed by atoms with Crippen molar-refractivity contribution in [3.63, 3.8) is 0 Å². The van der Waals surface area contributed by atoms with Gasteiger partial charge in [-0.3, -0.25) is 10.1 Å². The molecule has 0 atom stereocenters. The van der Waals surface area contributed by atoms with Gasteiger partial charge in [0.2, 0.25) is 0 Å². The topological polar surface area (TPSA) is 69.2 Å². The van der Waals surface area contributed by atoms with Crippen LogP contribution in [-0.2, 0) is 6.18 Å². The summed E-state index contributed by atoms with van der Waals surface area (Å²) in [6.45, 7) is 1.10. The predicted molar refractivity (Wildman–Crippen MR) is 47.2 cm³/mol. The standard InChI is InChI=1S/C8H7F3N2O2/c1-4-5(12)2-3-6(13(14)15)7(4)8(9,10)11/h2-3H,12H2,1H3. The second-order valence-electron chi connectivity index (χ2n) is 2.93. The summed E-state index contributed by atoms with van der Waals surface area (Å²) >= 11 is 0. The van der Waals surface area contributed by atoms with E-state index in [1.165, 1.54) is 0 Å². The minimum absolute atomic E-state index is 0.118. The Morgan fingerprint density at radius 1 is 1.40 bits per heavy atom. The van der Waals surface area contributed by atoms with E-state index in [1.54, 1.807) is 0 Å². The molecule has 82 valence electrons. The van der Waals surface area contributed by atoms with Crippen molar-refractivity contribution in [1.29, 1.82) is 0 Å². The molecule has 0 aliphatic carbocycles. The van der Waals surface area contributed by atoms with Gasteiger partial charge in [0.25, 0.3) is 5.69 Å². The third-order valence-corrected chi connectivity index (χ3v) is 1.97. The average molecular weight is 220 g/mol. The maximum atomic E-state index is 12.5. The first-order valence-electron chi connectivity index (χ1n) is 3.86. The lowest BCUT2D eigenvalue weighted by Gasteiger charge is -2.11. The van der Waals surface area contributed by atoms with Gasteiger partial charge >= 0.3 is 6.18 Å². The Morgan fingerprint density at radius 3 is 2.33 bits per heavy atom. The molecule has 0 bridgehead atoms. The monoisotopic (exact) mass is 220 g/mol. The first kappa shape index (κ1) is 11.3. The highest BCUT2D eigenvalue weighted by atomic mass is 19.4. The van der Waals surface area contributed by atoms with Crippen LogP contribution in [0.3, 0.4) is 0 Å². The number of alkyl halides is 3. The third-order valence-electron chi connectivity index (χ3n) is 1.97. The molecule has 0 aliphatic heterocycles. The van der Waals surface area contributed by atoms with E-state index in [0.717, 1.165) is 19.1 Å². The Balaban J connectivity index is 3.57. The summed E-state index contributed by atoms with van der Waals surface area (Å²) in [7, 11) is 0. The molecule has 0 fully saturated rings. The van der Waals surface area contributed by atoms with E-state index >= 15 is 0 Å². The van der Waals surface area contributed by atoms with Gasteiger partial charge in [-0.05, 0) is 18.6 Å². The van der Waals surface area contributed by atoms with E-state index in [4.69, 9.17) is 5.73 Å². The van der Waals surface area contributed by atoms with Crippen molar-refractivity contribution in [2.75, 3.05) is 5.73 Å². The molecule has 0 spiro atoms. The highest BCUT2D eigenvalue weighted by Gasteiger charge is 2.40. The summed E-state index contributed by atoms with van der Waals surface area (Å²) in [6.07, 6.45) is -4.78. The number of nitrogens with zero attached hydrogens (tertiary/aromatic N) is 1. The molecule has 2 N–H and O–H groups in total. The minimum atomic E-state index is -4.78. The molecule has 4 nitrogen and oxygen atoms in total. The number of hydrogen-bond donors (Lipinski definition) is 1. The normalized spacial score (nSPS) is 11.5. The predicted octanol–water partition coefficient (Wildman–Crippen LogP) is 2.50. The number of hydrogen-bond acceptors (Lipinski definition) is 3.